The Hall–Kier alpha value is -2.04. The van der Waals surface area contributed by atoms with Crippen LogP contribution in [0.3, 0.4) is 0 Å². The van der Waals surface area contributed by atoms with Crippen molar-refractivity contribution in [1.29, 1.82) is 0 Å². The van der Waals surface area contributed by atoms with Crippen LogP contribution < -0.4 is 10.6 Å². The molecule has 0 aromatic heterocycles. The summed E-state index contributed by atoms with van der Waals surface area (Å²) in [7, 11) is 0. The first kappa shape index (κ1) is 13.4. The summed E-state index contributed by atoms with van der Waals surface area (Å²) < 4.78 is 0. The molecule has 102 valence electrons. The molecule has 2 rings (SSSR count). The predicted molar refractivity (Wildman–Crippen MR) is 72.3 cm³/mol. The van der Waals surface area contributed by atoms with E-state index >= 15 is 0 Å². The maximum atomic E-state index is 11.7. The topological polar surface area (TPSA) is 78.4 Å². The van der Waals surface area contributed by atoms with Crippen LogP contribution in [0.1, 0.15) is 30.9 Å². The molecule has 1 unspecified atom stereocenters. The van der Waals surface area contributed by atoms with Crippen LogP contribution >= 0.6 is 0 Å². The number of carbonyl (C=O) groups excluding carboxylic acids is 1. The SMILES string of the molecule is CC(CC(=O)O)NC(=O)Nc1ccc2c(c1)CCC2. The molecular weight excluding hydrogens is 244 g/mol. The number of urea groups is 1. The molecule has 1 aliphatic rings. The van der Waals surface area contributed by atoms with Crippen molar-refractivity contribution in [1.82, 2.24) is 5.32 Å². The van der Waals surface area contributed by atoms with Crippen molar-refractivity contribution >= 4 is 17.7 Å². The molecule has 0 saturated heterocycles. The Morgan fingerprint density at radius 1 is 1.32 bits per heavy atom. The highest BCUT2D eigenvalue weighted by atomic mass is 16.4. The summed E-state index contributed by atoms with van der Waals surface area (Å²) in [5, 5.41) is 13.9. The fourth-order valence-electron chi connectivity index (χ4n) is 2.35. The molecule has 3 N–H and O–H groups in total. The van der Waals surface area contributed by atoms with Gasteiger partial charge < -0.3 is 15.7 Å². The molecule has 0 saturated carbocycles. The zero-order valence-corrected chi connectivity index (χ0v) is 10.9. The molecule has 1 aliphatic carbocycles. The van der Waals surface area contributed by atoms with Gasteiger partial charge in [-0.1, -0.05) is 6.07 Å². The minimum Gasteiger partial charge on any atom is -0.481 e. The molecular formula is C14H18N2O3. The Morgan fingerprint density at radius 3 is 2.79 bits per heavy atom. The molecule has 1 atom stereocenters. The highest BCUT2D eigenvalue weighted by molar-refractivity contribution is 5.89. The lowest BCUT2D eigenvalue weighted by Gasteiger charge is -2.13. The molecule has 0 fully saturated rings. The average molecular weight is 262 g/mol. The summed E-state index contributed by atoms with van der Waals surface area (Å²) in [6, 6.07) is 5.15. The lowest BCUT2D eigenvalue weighted by Crippen LogP contribution is -2.37. The average Bonchev–Trinajstić information content (AvgIpc) is 2.74. The molecule has 2 amide bonds. The second kappa shape index (κ2) is 5.73. The van der Waals surface area contributed by atoms with Gasteiger partial charge >= 0.3 is 12.0 Å². The zero-order valence-electron chi connectivity index (χ0n) is 10.9. The quantitative estimate of drug-likeness (QED) is 0.778. The van der Waals surface area contributed by atoms with Gasteiger partial charge in [-0.15, -0.1) is 0 Å². The van der Waals surface area contributed by atoms with Gasteiger partial charge in [0.1, 0.15) is 0 Å². The number of fused-ring (bicyclic) bond motifs is 1. The van der Waals surface area contributed by atoms with Gasteiger partial charge in [0.2, 0.25) is 0 Å². The van der Waals surface area contributed by atoms with E-state index in [0.717, 1.165) is 18.5 Å². The number of rotatable bonds is 4. The van der Waals surface area contributed by atoms with E-state index < -0.39 is 12.0 Å². The van der Waals surface area contributed by atoms with Crippen molar-refractivity contribution in [2.24, 2.45) is 0 Å². The third kappa shape index (κ3) is 3.71. The van der Waals surface area contributed by atoms with Crippen molar-refractivity contribution in [3.63, 3.8) is 0 Å². The van der Waals surface area contributed by atoms with Crippen LogP contribution in [-0.2, 0) is 17.6 Å². The van der Waals surface area contributed by atoms with E-state index in [9.17, 15) is 9.59 Å². The number of carboxylic acid groups (broad SMARTS) is 1. The normalized spacial score (nSPS) is 14.6. The number of hydrogen-bond donors (Lipinski definition) is 3. The van der Waals surface area contributed by atoms with Gasteiger partial charge in [0.15, 0.2) is 0 Å². The third-order valence-electron chi connectivity index (χ3n) is 3.21. The third-order valence-corrected chi connectivity index (χ3v) is 3.21. The van der Waals surface area contributed by atoms with Crippen molar-refractivity contribution in [3.05, 3.63) is 29.3 Å². The monoisotopic (exact) mass is 262 g/mol. The second-order valence-corrected chi connectivity index (χ2v) is 4.93. The maximum absolute atomic E-state index is 11.7. The number of amides is 2. The van der Waals surface area contributed by atoms with E-state index in [1.54, 1.807) is 6.92 Å². The van der Waals surface area contributed by atoms with Crippen molar-refractivity contribution < 1.29 is 14.7 Å². The first-order valence-corrected chi connectivity index (χ1v) is 6.45. The number of aliphatic carboxylic acids is 1. The minimum absolute atomic E-state index is 0.0857. The van der Waals surface area contributed by atoms with Gasteiger partial charge in [0, 0.05) is 11.7 Å². The smallest absolute Gasteiger partial charge is 0.319 e. The summed E-state index contributed by atoms with van der Waals surface area (Å²) in [6.07, 6.45) is 3.25. The van der Waals surface area contributed by atoms with Gasteiger partial charge in [-0.05, 0) is 49.4 Å². The van der Waals surface area contributed by atoms with Gasteiger partial charge in [-0.3, -0.25) is 4.79 Å². The number of hydrogen-bond acceptors (Lipinski definition) is 2. The first-order valence-electron chi connectivity index (χ1n) is 6.45. The maximum Gasteiger partial charge on any atom is 0.319 e. The molecule has 1 aromatic rings. The Balaban J connectivity index is 1.90. The Labute approximate surface area is 112 Å². The van der Waals surface area contributed by atoms with E-state index in [1.807, 2.05) is 18.2 Å². The van der Waals surface area contributed by atoms with E-state index in [-0.39, 0.29) is 12.5 Å². The van der Waals surface area contributed by atoms with Crippen LogP contribution in [0.25, 0.3) is 0 Å². The molecule has 19 heavy (non-hydrogen) atoms. The molecule has 0 aliphatic heterocycles. The number of carboxylic acids is 1. The van der Waals surface area contributed by atoms with E-state index in [1.165, 1.54) is 17.5 Å². The molecule has 0 spiro atoms. The van der Waals surface area contributed by atoms with Gasteiger partial charge in [-0.25, -0.2) is 4.79 Å². The van der Waals surface area contributed by atoms with Gasteiger partial charge in [0.25, 0.3) is 0 Å². The highest BCUT2D eigenvalue weighted by Crippen LogP contribution is 2.24. The Bertz CT molecular complexity index is 499. The molecule has 0 heterocycles. The lowest BCUT2D eigenvalue weighted by molar-refractivity contribution is -0.137. The summed E-state index contributed by atoms with van der Waals surface area (Å²) in [4.78, 5) is 22.2. The summed E-state index contributed by atoms with van der Waals surface area (Å²) >= 11 is 0. The van der Waals surface area contributed by atoms with Crippen LogP contribution in [-0.4, -0.2) is 23.1 Å². The standard InChI is InChI=1S/C14H18N2O3/c1-9(7-13(17)18)15-14(19)16-12-6-5-10-3-2-4-11(10)8-12/h5-6,8-9H,2-4,7H2,1H3,(H,17,18)(H2,15,16,19). The number of anilines is 1. The fourth-order valence-corrected chi connectivity index (χ4v) is 2.35. The summed E-state index contributed by atoms with van der Waals surface area (Å²) in [6.45, 7) is 1.66. The van der Waals surface area contributed by atoms with E-state index in [4.69, 9.17) is 5.11 Å². The van der Waals surface area contributed by atoms with Crippen LogP contribution in [0, 0.1) is 0 Å². The van der Waals surface area contributed by atoms with Crippen molar-refractivity contribution in [2.75, 3.05) is 5.32 Å². The van der Waals surface area contributed by atoms with Gasteiger partial charge in [0.05, 0.1) is 6.42 Å². The van der Waals surface area contributed by atoms with Crippen LogP contribution in [0.15, 0.2) is 18.2 Å². The molecule has 5 heteroatoms. The summed E-state index contributed by atoms with van der Waals surface area (Å²) in [5.74, 6) is -0.926. The second-order valence-electron chi connectivity index (χ2n) is 4.93. The molecule has 1 aromatic carbocycles. The highest BCUT2D eigenvalue weighted by Gasteiger charge is 2.13. The van der Waals surface area contributed by atoms with Crippen LogP contribution in [0.2, 0.25) is 0 Å². The van der Waals surface area contributed by atoms with E-state index in [2.05, 4.69) is 10.6 Å². The minimum atomic E-state index is -0.926. The lowest BCUT2D eigenvalue weighted by atomic mass is 10.1. The van der Waals surface area contributed by atoms with Gasteiger partial charge in [-0.2, -0.15) is 0 Å². The molecule has 0 radical (unpaired) electrons. The first-order chi connectivity index (χ1) is 9.04. The number of nitrogens with one attached hydrogen (secondary N) is 2. The Kier molecular flexibility index (Phi) is 4.04. The van der Waals surface area contributed by atoms with Crippen molar-refractivity contribution in [3.8, 4) is 0 Å². The van der Waals surface area contributed by atoms with Crippen molar-refractivity contribution in [2.45, 2.75) is 38.6 Å². The van der Waals surface area contributed by atoms with Crippen LogP contribution in [0.4, 0.5) is 10.5 Å². The summed E-state index contributed by atoms with van der Waals surface area (Å²) in [5.41, 5.74) is 3.39. The number of benzene rings is 1. The zero-order chi connectivity index (χ0) is 13.8. The van der Waals surface area contributed by atoms with E-state index in [0.29, 0.717) is 0 Å². The molecule has 0 bridgehead atoms. The Morgan fingerprint density at radius 2 is 2.05 bits per heavy atom. The number of carbonyl (C=O) groups is 2. The fraction of sp³-hybridized carbons (Fsp3) is 0.429. The number of aryl methyl sites for hydroxylation is 2. The molecule has 5 nitrogen and oxygen atoms in total. The van der Waals surface area contributed by atoms with Crippen LogP contribution in [0.5, 0.6) is 0 Å². The largest absolute Gasteiger partial charge is 0.481 e. The predicted octanol–water partition coefficient (Wildman–Crippen LogP) is 2.16.